The van der Waals surface area contributed by atoms with Gasteiger partial charge in [0.2, 0.25) is 0 Å². The van der Waals surface area contributed by atoms with Crippen LogP contribution in [-0.4, -0.2) is 7.11 Å². The minimum absolute atomic E-state index is 0.314. The Balaban J connectivity index is 1.58. The molecule has 2 heteroatoms. The van der Waals surface area contributed by atoms with E-state index in [1.165, 1.54) is 11.1 Å². The van der Waals surface area contributed by atoms with Gasteiger partial charge in [0.15, 0.2) is 0 Å². The Morgan fingerprint density at radius 3 is 1.74 bits per heavy atom. The first-order valence-corrected chi connectivity index (χ1v) is 10.8. The highest BCUT2D eigenvalue weighted by Gasteiger charge is 2.17. The third-order valence-corrected chi connectivity index (χ3v) is 5.63. The summed E-state index contributed by atoms with van der Waals surface area (Å²) in [6.45, 7) is 0.543. The second-order valence-electron chi connectivity index (χ2n) is 7.62. The summed E-state index contributed by atoms with van der Waals surface area (Å²) < 4.78 is 11.9. The van der Waals surface area contributed by atoms with Gasteiger partial charge in [-0.2, -0.15) is 0 Å². The summed E-state index contributed by atoms with van der Waals surface area (Å²) in [5.74, 6) is 2.09. The fourth-order valence-electron chi connectivity index (χ4n) is 4.04. The molecule has 0 aliphatic rings. The van der Waals surface area contributed by atoms with E-state index in [-0.39, 0.29) is 0 Å². The van der Waals surface area contributed by atoms with Crippen molar-refractivity contribution >= 4 is 0 Å². The van der Waals surface area contributed by atoms with Gasteiger partial charge in [-0.15, -0.1) is 0 Å². The van der Waals surface area contributed by atoms with Crippen LogP contribution in [0, 0.1) is 0 Å². The van der Waals surface area contributed by atoms with Crippen LogP contribution in [0.4, 0.5) is 0 Å². The van der Waals surface area contributed by atoms with E-state index in [1.54, 1.807) is 7.11 Å². The van der Waals surface area contributed by atoms with Gasteiger partial charge in [-0.25, -0.2) is 0 Å². The van der Waals surface area contributed by atoms with Crippen LogP contribution >= 0.6 is 0 Å². The summed E-state index contributed by atoms with van der Waals surface area (Å²) in [5, 5.41) is 0. The van der Waals surface area contributed by atoms with Gasteiger partial charge in [-0.05, 0) is 41.7 Å². The molecule has 0 amide bonds. The average Bonchev–Trinajstić information content (AvgIpc) is 2.85. The molecule has 0 bridgehead atoms. The number of rotatable bonds is 9. The Morgan fingerprint density at radius 2 is 1.16 bits per heavy atom. The van der Waals surface area contributed by atoms with E-state index in [4.69, 9.17) is 9.47 Å². The molecule has 0 atom stereocenters. The Bertz CT molecular complexity index is 1020. The molecule has 0 heterocycles. The van der Waals surface area contributed by atoms with Crippen LogP contribution in [0.3, 0.4) is 0 Å². The highest BCUT2D eigenvalue weighted by molar-refractivity contribution is 5.45. The van der Waals surface area contributed by atoms with Gasteiger partial charge in [0, 0.05) is 11.5 Å². The summed E-state index contributed by atoms with van der Waals surface area (Å²) >= 11 is 0. The fourth-order valence-corrected chi connectivity index (χ4v) is 4.04. The molecule has 0 saturated heterocycles. The minimum Gasteiger partial charge on any atom is -0.496 e. The first-order valence-electron chi connectivity index (χ1n) is 10.8. The van der Waals surface area contributed by atoms with Crippen LogP contribution in [0.15, 0.2) is 109 Å². The lowest BCUT2D eigenvalue weighted by Gasteiger charge is -2.20. The summed E-state index contributed by atoms with van der Waals surface area (Å²) in [4.78, 5) is 0. The van der Waals surface area contributed by atoms with Gasteiger partial charge in [-0.1, -0.05) is 97.1 Å². The predicted molar refractivity (Wildman–Crippen MR) is 127 cm³/mol. The predicted octanol–water partition coefficient (Wildman–Crippen LogP) is 7.04. The largest absolute Gasteiger partial charge is 0.496 e. The summed E-state index contributed by atoms with van der Waals surface area (Å²) in [6, 6.07) is 37.8. The highest BCUT2D eigenvalue weighted by atomic mass is 16.5. The van der Waals surface area contributed by atoms with E-state index in [1.807, 2.05) is 36.4 Å². The van der Waals surface area contributed by atoms with Crippen LogP contribution in [0.5, 0.6) is 11.5 Å². The van der Waals surface area contributed by atoms with Crippen molar-refractivity contribution in [2.24, 2.45) is 0 Å². The van der Waals surface area contributed by atoms with Gasteiger partial charge < -0.3 is 9.47 Å². The average molecular weight is 409 g/mol. The molecular formula is C29H28O2. The van der Waals surface area contributed by atoms with Crippen molar-refractivity contribution in [1.29, 1.82) is 0 Å². The number of benzene rings is 4. The Kier molecular flexibility index (Phi) is 7.02. The number of hydrogen-bond acceptors (Lipinski definition) is 2. The van der Waals surface area contributed by atoms with E-state index in [9.17, 15) is 0 Å². The second-order valence-corrected chi connectivity index (χ2v) is 7.62. The first-order chi connectivity index (χ1) is 15.3. The lowest BCUT2D eigenvalue weighted by molar-refractivity contribution is 0.299. The van der Waals surface area contributed by atoms with Crippen LogP contribution < -0.4 is 9.47 Å². The molecular weight excluding hydrogens is 380 g/mol. The number of hydrogen-bond donors (Lipinski definition) is 0. The van der Waals surface area contributed by atoms with Crippen molar-refractivity contribution < 1.29 is 9.47 Å². The van der Waals surface area contributed by atoms with E-state index in [0.29, 0.717) is 12.5 Å². The zero-order valence-corrected chi connectivity index (χ0v) is 17.9. The van der Waals surface area contributed by atoms with Gasteiger partial charge in [0.1, 0.15) is 18.1 Å². The molecule has 2 nitrogen and oxygen atoms in total. The summed E-state index contributed by atoms with van der Waals surface area (Å²) in [6.07, 6.45) is 1.83. The zero-order valence-electron chi connectivity index (χ0n) is 17.9. The quantitative estimate of drug-likeness (QED) is 0.296. The summed E-state index contributed by atoms with van der Waals surface area (Å²) in [5.41, 5.74) is 4.94. The van der Waals surface area contributed by atoms with E-state index in [0.717, 1.165) is 35.5 Å². The Morgan fingerprint density at radius 1 is 0.613 bits per heavy atom. The molecule has 4 aromatic carbocycles. The van der Waals surface area contributed by atoms with Crippen LogP contribution in [0.2, 0.25) is 0 Å². The van der Waals surface area contributed by atoms with E-state index >= 15 is 0 Å². The van der Waals surface area contributed by atoms with Gasteiger partial charge >= 0.3 is 0 Å². The second kappa shape index (κ2) is 10.5. The van der Waals surface area contributed by atoms with Crippen molar-refractivity contribution in [2.45, 2.75) is 25.4 Å². The van der Waals surface area contributed by atoms with Gasteiger partial charge in [-0.3, -0.25) is 0 Å². The lowest BCUT2D eigenvalue weighted by Crippen LogP contribution is -2.06. The molecule has 4 aromatic rings. The smallest absolute Gasteiger partial charge is 0.126 e. The summed E-state index contributed by atoms with van der Waals surface area (Å²) in [7, 11) is 1.73. The van der Waals surface area contributed by atoms with Crippen LogP contribution in [-0.2, 0) is 13.0 Å². The molecule has 0 aliphatic carbocycles. The topological polar surface area (TPSA) is 18.5 Å². The van der Waals surface area contributed by atoms with E-state index < -0.39 is 0 Å². The van der Waals surface area contributed by atoms with Crippen molar-refractivity contribution in [3.05, 3.63) is 131 Å². The molecule has 4 rings (SSSR count). The standard InChI is InChI=1S/C29H28O2/c1-30-28-18-11-19-29(31-22-23-12-5-2-6-13-23)27(28)21-20-26(24-14-7-3-8-15-24)25-16-9-4-10-17-25/h2-19,26H,20-22H2,1H3. The molecule has 31 heavy (non-hydrogen) atoms. The number of methoxy groups -OCH3 is 1. The SMILES string of the molecule is COc1cccc(OCc2ccccc2)c1CCC(c1ccccc1)c1ccccc1. The molecule has 0 N–H and O–H groups in total. The highest BCUT2D eigenvalue weighted by Crippen LogP contribution is 2.35. The maximum atomic E-state index is 6.23. The Hall–Kier alpha value is -3.52. The molecule has 0 aromatic heterocycles. The van der Waals surface area contributed by atoms with Crippen molar-refractivity contribution in [2.75, 3.05) is 7.11 Å². The van der Waals surface area contributed by atoms with Crippen molar-refractivity contribution in [3.8, 4) is 11.5 Å². The molecule has 0 aliphatic heterocycles. The third kappa shape index (κ3) is 5.35. The van der Waals surface area contributed by atoms with Crippen LogP contribution in [0.25, 0.3) is 0 Å². The molecule has 156 valence electrons. The molecule has 0 spiro atoms. The number of ether oxygens (including phenoxy) is 2. The molecule has 0 radical (unpaired) electrons. The zero-order chi connectivity index (χ0) is 21.3. The first kappa shape index (κ1) is 20.7. The normalized spacial score (nSPS) is 10.8. The van der Waals surface area contributed by atoms with Gasteiger partial charge in [0.25, 0.3) is 0 Å². The van der Waals surface area contributed by atoms with Crippen molar-refractivity contribution in [3.63, 3.8) is 0 Å². The maximum Gasteiger partial charge on any atom is 0.126 e. The Labute approximate surface area is 185 Å². The van der Waals surface area contributed by atoms with Crippen LogP contribution in [0.1, 0.15) is 34.6 Å². The minimum atomic E-state index is 0.314. The lowest BCUT2D eigenvalue weighted by atomic mass is 9.86. The molecule has 0 saturated carbocycles. The van der Waals surface area contributed by atoms with E-state index in [2.05, 4.69) is 72.8 Å². The van der Waals surface area contributed by atoms with Crippen molar-refractivity contribution in [1.82, 2.24) is 0 Å². The monoisotopic (exact) mass is 408 g/mol. The maximum absolute atomic E-state index is 6.23. The van der Waals surface area contributed by atoms with Gasteiger partial charge in [0.05, 0.1) is 7.11 Å². The molecule has 0 fully saturated rings. The fraction of sp³-hybridized carbons (Fsp3) is 0.172. The molecule has 0 unspecified atom stereocenters. The third-order valence-electron chi connectivity index (χ3n) is 5.63.